The molecular weight excluding hydrogens is 174 g/mol. The number of hydrogen-bond acceptors (Lipinski definition) is 4. The minimum absolute atomic E-state index is 0.506. The molecule has 0 aliphatic rings. The van der Waals surface area contributed by atoms with Crippen molar-refractivity contribution in [2.75, 3.05) is 0 Å². The molecule has 0 spiro atoms. The molecule has 2 N–H and O–H groups in total. The maximum Gasteiger partial charge on any atom is 0.178 e. The lowest BCUT2D eigenvalue weighted by atomic mass is 10.2. The zero-order valence-electron chi connectivity index (χ0n) is 6.14. The lowest BCUT2D eigenvalue weighted by Gasteiger charge is -2.01. The molecule has 1 heterocycles. The minimum atomic E-state index is -1.39. The Morgan fingerprint density at radius 2 is 2.17 bits per heavy atom. The number of hydrogen-bond donors (Lipinski definition) is 2. The molecule has 1 aromatic heterocycles. The summed E-state index contributed by atoms with van der Waals surface area (Å²) in [6, 6.07) is 5.17. The molecule has 2 rings (SSSR count). The number of nitrogens with zero attached hydrogens (tertiary/aromatic N) is 1. The summed E-state index contributed by atoms with van der Waals surface area (Å²) in [7, 11) is 0. The first-order valence-corrected chi connectivity index (χ1v) is 4.34. The van der Waals surface area contributed by atoms with Crippen molar-refractivity contribution in [3.8, 4) is 0 Å². The van der Waals surface area contributed by atoms with E-state index >= 15 is 0 Å². The van der Waals surface area contributed by atoms with Crippen LogP contribution in [0.5, 0.6) is 0 Å². The van der Waals surface area contributed by atoms with Crippen LogP contribution in [0.25, 0.3) is 10.2 Å². The molecule has 0 fully saturated rings. The summed E-state index contributed by atoms with van der Waals surface area (Å²) in [5.41, 5.74) is 3.13. The predicted octanol–water partition coefficient (Wildman–Crippen LogP) is 1.28. The molecule has 0 amide bonds. The van der Waals surface area contributed by atoms with E-state index in [0.29, 0.717) is 5.56 Å². The highest BCUT2D eigenvalue weighted by atomic mass is 32.1. The zero-order valence-corrected chi connectivity index (χ0v) is 6.95. The quantitative estimate of drug-likeness (QED) is 0.651. The van der Waals surface area contributed by atoms with Gasteiger partial charge >= 0.3 is 0 Å². The lowest BCUT2D eigenvalue weighted by molar-refractivity contribution is -0.0423. The SMILES string of the molecule is OC(O)c1ccc2ncsc2c1. The van der Waals surface area contributed by atoms with Gasteiger partial charge in [-0.05, 0) is 12.1 Å². The van der Waals surface area contributed by atoms with Crippen molar-refractivity contribution < 1.29 is 10.2 Å². The average molecular weight is 181 g/mol. The molecule has 0 radical (unpaired) electrons. The van der Waals surface area contributed by atoms with Crippen molar-refractivity contribution in [1.82, 2.24) is 4.98 Å². The number of benzene rings is 1. The molecule has 62 valence electrons. The maximum atomic E-state index is 8.86. The van der Waals surface area contributed by atoms with Crippen LogP contribution in [0.15, 0.2) is 23.7 Å². The Hall–Kier alpha value is -0.970. The van der Waals surface area contributed by atoms with E-state index in [2.05, 4.69) is 4.98 Å². The Bertz CT molecular complexity index is 397. The summed E-state index contributed by atoms with van der Waals surface area (Å²) >= 11 is 1.49. The molecule has 0 saturated carbocycles. The van der Waals surface area contributed by atoms with E-state index in [0.717, 1.165) is 10.2 Å². The van der Waals surface area contributed by atoms with Crippen LogP contribution in [0, 0.1) is 0 Å². The molecule has 4 heteroatoms. The smallest absolute Gasteiger partial charge is 0.178 e. The normalized spacial score (nSPS) is 11.2. The highest BCUT2D eigenvalue weighted by Crippen LogP contribution is 2.21. The number of aliphatic hydroxyl groups is 2. The van der Waals surface area contributed by atoms with Crippen LogP contribution in [0.3, 0.4) is 0 Å². The van der Waals surface area contributed by atoms with Gasteiger partial charge in [0.15, 0.2) is 6.29 Å². The van der Waals surface area contributed by atoms with Gasteiger partial charge in [0.05, 0.1) is 15.7 Å². The van der Waals surface area contributed by atoms with Crippen molar-refractivity contribution in [2.45, 2.75) is 6.29 Å². The summed E-state index contributed by atoms with van der Waals surface area (Å²) in [6.07, 6.45) is -1.39. The molecule has 0 aliphatic carbocycles. The third-order valence-corrected chi connectivity index (χ3v) is 2.45. The van der Waals surface area contributed by atoms with Crippen molar-refractivity contribution in [3.05, 3.63) is 29.3 Å². The first kappa shape index (κ1) is 7.67. The molecule has 0 saturated heterocycles. The van der Waals surface area contributed by atoms with Crippen LogP contribution in [-0.4, -0.2) is 15.2 Å². The van der Waals surface area contributed by atoms with Gasteiger partial charge in [-0.25, -0.2) is 4.98 Å². The van der Waals surface area contributed by atoms with E-state index in [1.165, 1.54) is 11.3 Å². The summed E-state index contributed by atoms with van der Waals surface area (Å²) in [6.45, 7) is 0. The molecule has 0 aliphatic heterocycles. The second-order valence-electron chi connectivity index (χ2n) is 2.45. The molecule has 0 unspecified atom stereocenters. The number of aliphatic hydroxyl groups excluding tert-OH is 1. The Kier molecular flexibility index (Phi) is 1.80. The van der Waals surface area contributed by atoms with Gasteiger partial charge in [0.1, 0.15) is 0 Å². The van der Waals surface area contributed by atoms with E-state index in [4.69, 9.17) is 10.2 Å². The van der Waals surface area contributed by atoms with Gasteiger partial charge in [-0.1, -0.05) is 6.07 Å². The number of rotatable bonds is 1. The van der Waals surface area contributed by atoms with Gasteiger partial charge in [0, 0.05) is 5.56 Å². The summed E-state index contributed by atoms with van der Waals surface area (Å²) < 4.78 is 0.973. The largest absolute Gasteiger partial charge is 0.364 e. The molecule has 1 aromatic carbocycles. The van der Waals surface area contributed by atoms with Crippen LogP contribution < -0.4 is 0 Å². The Morgan fingerprint density at radius 3 is 2.92 bits per heavy atom. The van der Waals surface area contributed by atoms with Crippen LogP contribution in [-0.2, 0) is 0 Å². The van der Waals surface area contributed by atoms with E-state index in [9.17, 15) is 0 Å². The average Bonchev–Trinajstić information content (AvgIpc) is 2.49. The van der Waals surface area contributed by atoms with Crippen LogP contribution in [0.1, 0.15) is 11.9 Å². The van der Waals surface area contributed by atoms with E-state index in [1.807, 2.05) is 0 Å². The second-order valence-corrected chi connectivity index (χ2v) is 3.34. The summed E-state index contributed by atoms with van der Waals surface area (Å²) in [5.74, 6) is 0. The van der Waals surface area contributed by atoms with Gasteiger partial charge in [0.2, 0.25) is 0 Å². The Morgan fingerprint density at radius 1 is 1.33 bits per heavy atom. The van der Waals surface area contributed by atoms with E-state index in [1.54, 1.807) is 23.7 Å². The fraction of sp³-hybridized carbons (Fsp3) is 0.125. The fourth-order valence-corrected chi connectivity index (χ4v) is 1.76. The van der Waals surface area contributed by atoms with E-state index in [-0.39, 0.29) is 0 Å². The van der Waals surface area contributed by atoms with Gasteiger partial charge < -0.3 is 10.2 Å². The second kappa shape index (κ2) is 2.82. The first-order chi connectivity index (χ1) is 5.77. The zero-order chi connectivity index (χ0) is 8.55. The van der Waals surface area contributed by atoms with Crippen LogP contribution >= 0.6 is 11.3 Å². The van der Waals surface area contributed by atoms with Gasteiger partial charge in [-0.3, -0.25) is 0 Å². The maximum absolute atomic E-state index is 8.86. The number of fused-ring (bicyclic) bond motifs is 1. The third kappa shape index (κ3) is 1.20. The van der Waals surface area contributed by atoms with Crippen molar-refractivity contribution >= 4 is 21.6 Å². The molecule has 12 heavy (non-hydrogen) atoms. The fourth-order valence-electron chi connectivity index (χ4n) is 1.03. The topological polar surface area (TPSA) is 53.4 Å². The third-order valence-electron chi connectivity index (χ3n) is 1.65. The van der Waals surface area contributed by atoms with E-state index < -0.39 is 6.29 Å². The lowest BCUT2D eigenvalue weighted by Crippen LogP contribution is -1.93. The highest BCUT2D eigenvalue weighted by molar-refractivity contribution is 7.16. The minimum Gasteiger partial charge on any atom is -0.364 e. The molecule has 2 aromatic rings. The van der Waals surface area contributed by atoms with Gasteiger partial charge in [-0.15, -0.1) is 11.3 Å². The summed E-state index contributed by atoms with van der Waals surface area (Å²) in [5, 5.41) is 17.7. The predicted molar refractivity (Wildman–Crippen MR) is 46.8 cm³/mol. The van der Waals surface area contributed by atoms with Crippen molar-refractivity contribution in [2.24, 2.45) is 0 Å². The standard InChI is InChI=1S/C8H7NO2S/c10-8(11)5-1-2-6-7(3-5)12-4-9-6/h1-4,8,10-11H. The highest BCUT2D eigenvalue weighted by Gasteiger charge is 2.03. The first-order valence-electron chi connectivity index (χ1n) is 3.46. The Labute approximate surface area is 72.9 Å². The van der Waals surface area contributed by atoms with Gasteiger partial charge in [-0.2, -0.15) is 0 Å². The monoisotopic (exact) mass is 181 g/mol. The molecule has 3 nitrogen and oxygen atoms in total. The van der Waals surface area contributed by atoms with Crippen molar-refractivity contribution in [3.63, 3.8) is 0 Å². The number of thiazole rings is 1. The van der Waals surface area contributed by atoms with Crippen molar-refractivity contribution in [1.29, 1.82) is 0 Å². The molecular formula is C8H7NO2S. The number of aromatic nitrogens is 1. The Balaban J connectivity index is 2.60. The molecule has 0 bridgehead atoms. The van der Waals surface area contributed by atoms with Crippen LogP contribution in [0.2, 0.25) is 0 Å². The van der Waals surface area contributed by atoms with Crippen LogP contribution in [0.4, 0.5) is 0 Å². The van der Waals surface area contributed by atoms with Gasteiger partial charge in [0.25, 0.3) is 0 Å². The summed E-state index contributed by atoms with van der Waals surface area (Å²) in [4.78, 5) is 4.07. The molecule has 0 atom stereocenters.